The minimum absolute atomic E-state index is 0.0189. The van der Waals surface area contributed by atoms with Crippen LogP contribution >= 0.6 is 11.6 Å². The van der Waals surface area contributed by atoms with Crippen LogP contribution in [0.4, 0.5) is 17.6 Å². The number of ether oxygens (including phenoxy) is 1. The number of nitrogens with zero attached hydrogens (tertiary/aromatic N) is 2. The van der Waals surface area contributed by atoms with E-state index < -0.39 is 35.5 Å². The quantitative estimate of drug-likeness (QED) is 0.128. The number of rotatable bonds is 12. The molecule has 4 aromatic carbocycles. The van der Waals surface area contributed by atoms with Gasteiger partial charge < -0.3 is 15.2 Å². The highest BCUT2D eigenvalue weighted by Crippen LogP contribution is 2.42. The molecule has 0 saturated heterocycles. The van der Waals surface area contributed by atoms with Gasteiger partial charge in [0.2, 0.25) is 0 Å². The summed E-state index contributed by atoms with van der Waals surface area (Å²) in [5.74, 6) is -1.76. The number of carbonyl (C=O) groups excluding carboxylic acids is 1. The predicted molar refractivity (Wildman–Crippen MR) is 176 cm³/mol. The smallest absolute Gasteiger partial charge is 0.416 e. The zero-order chi connectivity index (χ0) is 34.6. The minimum atomic E-state index is -4.60. The average molecular weight is 682 g/mol. The Bertz CT molecular complexity index is 1940. The van der Waals surface area contributed by atoms with Crippen molar-refractivity contribution in [3.05, 3.63) is 106 Å². The van der Waals surface area contributed by atoms with Crippen molar-refractivity contribution in [1.29, 1.82) is 0 Å². The number of carboxylic acid groups (broad SMARTS) is 1. The number of alkyl halides is 3. The highest BCUT2D eigenvalue weighted by molar-refractivity contribution is 6.30. The Morgan fingerprint density at radius 2 is 1.75 bits per heavy atom. The van der Waals surface area contributed by atoms with Crippen LogP contribution in [0.25, 0.3) is 33.3 Å². The first kappa shape index (κ1) is 34.4. The summed E-state index contributed by atoms with van der Waals surface area (Å²) in [6.07, 6.45) is -2.58. The van der Waals surface area contributed by atoms with Crippen LogP contribution in [0.5, 0.6) is 5.75 Å². The topological polar surface area (TPSA) is 93.5 Å². The van der Waals surface area contributed by atoms with Crippen molar-refractivity contribution in [2.45, 2.75) is 44.8 Å². The molecule has 12 heteroatoms. The maximum Gasteiger partial charge on any atom is 0.416 e. The van der Waals surface area contributed by atoms with Gasteiger partial charge in [-0.15, -0.1) is 0 Å². The van der Waals surface area contributed by atoms with Gasteiger partial charge in [0.1, 0.15) is 17.3 Å². The number of halogens is 5. The van der Waals surface area contributed by atoms with E-state index in [0.717, 1.165) is 30.5 Å². The second kappa shape index (κ2) is 14.5. The number of amides is 1. The summed E-state index contributed by atoms with van der Waals surface area (Å²) in [6, 6.07) is 19.1. The van der Waals surface area contributed by atoms with E-state index in [4.69, 9.17) is 26.5 Å². The Hall–Kier alpha value is -4.90. The molecule has 250 valence electrons. The Kier molecular flexibility index (Phi) is 10.4. The molecule has 5 rings (SSSR count). The van der Waals surface area contributed by atoms with Crippen LogP contribution in [0.1, 0.15) is 60.1 Å². The van der Waals surface area contributed by atoms with Gasteiger partial charge in [0, 0.05) is 28.1 Å². The number of carboxylic acids is 1. The van der Waals surface area contributed by atoms with Gasteiger partial charge >= 0.3 is 12.1 Å². The van der Waals surface area contributed by atoms with Crippen LogP contribution in [0.2, 0.25) is 5.02 Å². The van der Waals surface area contributed by atoms with Crippen LogP contribution < -0.4 is 10.1 Å². The van der Waals surface area contributed by atoms with Crippen LogP contribution in [0.15, 0.2) is 78.9 Å². The first-order valence-corrected chi connectivity index (χ1v) is 15.6. The molecule has 1 heterocycles. The van der Waals surface area contributed by atoms with Gasteiger partial charge in [0.25, 0.3) is 5.91 Å². The van der Waals surface area contributed by atoms with Gasteiger partial charge in [-0.1, -0.05) is 49.6 Å². The molecule has 1 aromatic heterocycles. The number of aromatic nitrogens is 2. The normalized spacial score (nSPS) is 12.2. The van der Waals surface area contributed by atoms with Crippen molar-refractivity contribution in [2.24, 2.45) is 0 Å². The number of fused-ring (bicyclic) bond motifs is 1. The number of unbranched alkanes of at least 4 members (excludes halogenated alkanes) is 1. The van der Waals surface area contributed by atoms with Crippen molar-refractivity contribution < 1.29 is 37.0 Å². The number of carbonyl (C=O) groups is 2. The van der Waals surface area contributed by atoms with Crippen molar-refractivity contribution in [3.8, 4) is 28.1 Å². The van der Waals surface area contributed by atoms with Gasteiger partial charge in [0.05, 0.1) is 30.7 Å². The van der Waals surface area contributed by atoms with Crippen molar-refractivity contribution in [2.75, 3.05) is 13.7 Å². The fourth-order valence-corrected chi connectivity index (χ4v) is 5.83. The lowest BCUT2D eigenvalue weighted by Gasteiger charge is -2.20. The van der Waals surface area contributed by atoms with Crippen LogP contribution in [0.3, 0.4) is 0 Å². The lowest BCUT2D eigenvalue weighted by atomic mass is 9.98. The molecular weight excluding hydrogens is 650 g/mol. The zero-order valence-corrected chi connectivity index (χ0v) is 26.8. The number of methoxy groups -OCH3 is 1. The van der Waals surface area contributed by atoms with E-state index in [0.29, 0.717) is 34.0 Å². The van der Waals surface area contributed by atoms with E-state index >= 15 is 0 Å². The molecule has 0 bridgehead atoms. The molecule has 1 amide bonds. The SMILES string of the molecule is CCCCC(c1ccc(C(=O)NCCC(=O)O)cc1)n1nc(-c2cc(C(F)(F)F)ccc2OC)c2ccc(-c3cc(F)cc(Cl)c3)cc21. The third-order valence-corrected chi connectivity index (χ3v) is 8.21. The van der Waals surface area contributed by atoms with Gasteiger partial charge in [0.15, 0.2) is 0 Å². The standard InChI is InChI=1S/C36H32ClF4N3O4/c1-3-4-5-30(21-6-8-22(9-7-21)35(47)42-15-14-33(45)46)44-31-18-23(24-16-26(37)20-27(38)17-24)10-12-28(31)34(43-44)29-19-25(36(39,40)41)11-13-32(29)48-2/h6-13,16-20,30H,3-5,14-15H2,1-2H3,(H,42,47)(H,45,46). The average Bonchev–Trinajstić information content (AvgIpc) is 3.42. The van der Waals surface area contributed by atoms with Crippen molar-refractivity contribution >= 4 is 34.4 Å². The van der Waals surface area contributed by atoms with E-state index in [-0.39, 0.29) is 35.0 Å². The molecule has 0 fully saturated rings. The van der Waals surface area contributed by atoms with E-state index in [1.807, 2.05) is 6.92 Å². The molecule has 1 atom stereocenters. The monoisotopic (exact) mass is 681 g/mol. The third-order valence-electron chi connectivity index (χ3n) is 7.99. The summed E-state index contributed by atoms with van der Waals surface area (Å²) in [5.41, 5.74) is 2.41. The number of benzene rings is 4. The van der Waals surface area contributed by atoms with Gasteiger partial charge in [-0.3, -0.25) is 14.3 Å². The van der Waals surface area contributed by atoms with Gasteiger partial charge in [-0.2, -0.15) is 18.3 Å². The fourth-order valence-electron chi connectivity index (χ4n) is 5.61. The summed E-state index contributed by atoms with van der Waals surface area (Å²) in [5, 5.41) is 17.1. The molecular formula is C36H32ClF4N3O4. The second-order valence-corrected chi connectivity index (χ2v) is 11.7. The Balaban J connectivity index is 1.69. The third kappa shape index (κ3) is 7.62. The summed E-state index contributed by atoms with van der Waals surface area (Å²) < 4.78 is 63.2. The maximum absolute atomic E-state index is 14.4. The van der Waals surface area contributed by atoms with Gasteiger partial charge in [-0.25, -0.2) is 4.39 Å². The molecule has 7 nitrogen and oxygen atoms in total. The fraction of sp³-hybridized carbons (Fsp3) is 0.250. The molecule has 1 unspecified atom stereocenters. The van der Waals surface area contributed by atoms with E-state index in [1.165, 1.54) is 25.3 Å². The molecule has 0 saturated carbocycles. The van der Waals surface area contributed by atoms with Crippen molar-refractivity contribution in [3.63, 3.8) is 0 Å². The molecule has 0 radical (unpaired) electrons. The van der Waals surface area contributed by atoms with E-state index in [9.17, 15) is 27.2 Å². The molecule has 48 heavy (non-hydrogen) atoms. The molecule has 0 aliphatic rings. The van der Waals surface area contributed by atoms with Crippen LogP contribution in [-0.2, 0) is 11.0 Å². The summed E-state index contributed by atoms with van der Waals surface area (Å²) in [7, 11) is 1.38. The maximum atomic E-state index is 14.4. The van der Waals surface area contributed by atoms with Crippen molar-refractivity contribution in [1.82, 2.24) is 15.1 Å². The highest BCUT2D eigenvalue weighted by Gasteiger charge is 2.32. The van der Waals surface area contributed by atoms with Crippen LogP contribution in [-0.4, -0.2) is 40.4 Å². The first-order valence-electron chi connectivity index (χ1n) is 15.2. The Morgan fingerprint density at radius 1 is 1.00 bits per heavy atom. The molecule has 2 N–H and O–H groups in total. The number of hydrogen-bond acceptors (Lipinski definition) is 4. The second-order valence-electron chi connectivity index (χ2n) is 11.3. The summed E-state index contributed by atoms with van der Waals surface area (Å²) in [6.45, 7) is 2.02. The summed E-state index contributed by atoms with van der Waals surface area (Å²) in [4.78, 5) is 23.4. The predicted octanol–water partition coefficient (Wildman–Crippen LogP) is 9.17. The first-order chi connectivity index (χ1) is 22.9. The molecule has 5 aromatic rings. The molecule has 0 aliphatic heterocycles. The lowest BCUT2D eigenvalue weighted by Crippen LogP contribution is -2.26. The Labute approximate surface area is 279 Å². The number of nitrogens with one attached hydrogen (secondary N) is 1. The largest absolute Gasteiger partial charge is 0.496 e. The van der Waals surface area contributed by atoms with E-state index in [1.54, 1.807) is 53.2 Å². The zero-order valence-electron chi connectivity index (χ0n) is 26.1. The highest BCUT2D eigenvalue weighted by atomic mass is 35.5. The summed E-state index contributed by atoms with van der Waals surface area (Å²) >= 11 is 6.17. The van der Waals surface area contributed by atoms with Crippen LogP contribution in [0, 0.1) is 5.82 Å². The van der Waals surface area contributed by atoms with E-state index in [2.05, 4.69) is 5.32 Å². The van der Waals surface area contributed by atoms with Gasteiger partial charge in [-0.05, 0) is 83.8 Å². The number of aliphatic carboxylic acids is 1. The minimum Gasteiger partial charge on any atom is -0.496 e. The Morgan fingerprint density at radius 3 is 2.40 bits per heavy atom. The number of hydrogen-bond donors (Lipinski definition) is 2. The molecule has 0 aliphatic carbocycles. The lowest BCUT2D eigenvalue weighted by molar-refractivity contribution is -0.138. The molecule has 0 spiro atoms.